The number of phosphoric ester groups is 1. The number of carbonyl (C=O) groups excluding carboxylic acids is 2. The van der Waals surface area contributed by atoms with Crippen LogP contribution in [0.1, 0.15) is 25.7 Å². The van der Waals surface area contributed by atoms with E-state index in [0.29, 0.717) is 12.1 Å². The Morgan fingerprint density at radius 2 is 1.95 bits per heavy atom. The summed E-state index contributed by atoms with van der Waals surface area (Å²) in [6, 6.07) is 1.79. The van der Waals surface area contributed by atoms with E-state index in [1.807, 2.05) is 0 Å². The van der Waals surface area contributed by atoms with Crippen LogP contribution >= 0.6 is 7.82 Å². The van der Waals surface area contributed by atoms with Gasteiger partial charge in [0.15, 0.2) is 5.96 Å². The van der Waals surface area contributed by atoms with Gasteiger partial charge >= 0.3 is 13.8 Å². The third-order valence-electron chi connectivity index (χ3n) is 5.48. The van der Waals surface area contributed by atoms with Gasteiger partial charge in [-0.05, 0) is 37.8 Å². The number of nitrogens with two attached hydrogens (primary N) is 2. The van der Waals surface area contributed by atoms with Gasteiger partial charge in [0.25, 0.3) is 5.69 Å². The van der Waals surface area contributed by atoms with Crippen LogP contribution in [-0.2, 0) is 23.5 Å². The zero-order valence-electron chi connectivity index (χ0n) is 20.1. The molecule has 0 spiro atoms. The molecular formula is C20H30N7O10P. The number of likely N-dealkylation sites (tertiary alicyclic amines) is 1. The van der Waals surface area contributed by atoms with Crippen LogP contribution in [0.15, 0.2) is 29.3 Å². The number of benzene rings is 1. The number of guanidine groups is 1. The fourth-order valence-corrected chi connectivity index (χ4v) is 3.99. The standard InChI is InChI=1S/C20H30N7O10P/c21-14(11-37-38(34,35)36)18(29)26-10-2-4-16(26)17(28)25-15(19(30)31)3-1-9-23-20(22)24-12-5-7-13(8-6-12)27(32)33/h5-8,14-16H,1-4,9-11,21H2,(H,25,28)(H,30,31)(H3,22,23,24)(H2,34,35,36)/t14-,15-,16-/m0/s1. The highest BCUT2D eigenvalue weighted by molar-refractivity contribution is 7.46. The molecule has 0 aromatic heterocycles. The zero-order chi connectivity index (χ0) is 28.5. The topological polar surface area (TPSA) is 273 Å². The number of aliphatic carboxylic acids is 1. The predicted octanol–water partition coefficient (Wildman–Crippen LogP) is -0.901. The summed E-state index contributed by atoms with van der Waals surface area (Å²) in [4.78, 5) is 69.9. The number of nitrogens with one attached hydrogen (secondary N) is 2. The summed E-state index contributed by atoms with van der Waals surface area (Å²) in [6.45, 7) is -0.476. The minimum Gasteiger partial charge on any atom is -0.480 e. The third-order valence-corrected chi connectivity index (χ3v) is 5.96. The van der Waals surface area contributed by atoms with Crippen LogP contribution in [-0.4, -0.2) is 86.3 Å². The number of carboxylic acid groups (broad SMARTS) is 1. The molecule has 9 N–H and O–H groups in total. The van der Waals surface area contributed by atoms with E-state index in [4.69, 9.17) is 21.3 Å². The van der Waals surface area contributed by atoms with E-state index < -0.39 is 55.3 Å². The number of hydrogen-bond acceptors (Lipinski definition) is 9. The Kier molecular flexibility index (Phi) is 11.1. The third kappa shape index (κ3) is 9.68. The molecule has 2 amide bonds. The number of hydrogen-bond donors (Lipinski definition) is 7. The van der Waals surface area contributed by atoms with Crippen LogP contribution in [0.3, 0.4) is 0 Å². The van der Waals surface area contributed by atoms with Gasteiger partial charge in [0.2, 0.25) is 11.8 Å². The number of rotatable bonds is 13. The molecule has 18 heteroatoms. The Morgan fingerprint density at radius 1 is 1.29 bits per heavy atom. The highest BCUT2D eigenvalue weighted by Crippen LogP contribution is 2.35. The first-order valence-corrected chi connectivity index (χ1v) is 12.9. The van der Waals surface area contributed by atoms with Gasteiger partial charge in [0.05, 0.1) is 11.5 Å². The summed E-state index contributed by atoms with van der Waals surface area (Å²) in [5.74, 6) is -2.74. The average molecular weight is 559 g/mol. The summed E-state index contributed by atoms with van der Waals surface area (Å²) in [5.41, 5.74) is 11.8. The van der Waals surface area contributed by atoms with Gasteiger partial charge < -0.3 is 41.9 Å². The lowest BCUT2D eigenvalue weighted by Crippen LogP contribution is -2.54. The molecule has 0 radical (unpaired) electrons. The monoisotopic (exact) mass is 559 g/mol. The number of aliphatic imine (C=N–C) groups is 1. The highest BCUT2D eigenvalue weighted by Gasteiger charge is 2.38. The molecule has 1 heterocycles. The molecular weight excluding hydrogens is 529 g/mol. The van der Waals surface area contributed by atoms with E-state index >= 15 is 0 Å². The quantitative estimate of drug-likeness (QED) is 0.0386. The lowest BCUT2D eigenvalue weighted by molar-refractivity contribution is -0.384. The van der Waals surface area contributed by atoms with E-state index in [1.165, 1.54) is 24.3 Å². The van der Waals surface area contributed by atoms with E-state index in [-0.39, 0.29) is 44.0 Å². The van der Waals surface area contributed by atoms with E-state index in [9.17, 15) is 34.2 Å². The summed E-state index contributed by atoms with van der Waals surface area (Å²) in [7, 11) is -4.84. The second-order valence-electron chi connectivity index (χ2n) is 8.32. The van der Waals surface area contributed by atoms with Crippen LogP contribution in [0.4, 0.5) is 11.4 Å². The zero-order valence-corrected chi connectivity index (χ0v) is 21.0. The van der Waals surface area contributed by atoms with Crippen molar-refractivity contribution >= 4 is 42.9 Å². The second kappa shape index (κ2) is 13.8. The SMILES string of the molecule is NC(=NCCC[C@H](NC(=O)[C@@H]1CCCN1C(=O)[C@@H](N)COP(=O)(O)O)C(=O)O)Nc1ccc([N+](=O)[O-])cc1. The van der Waals surface area contributed by atoms with E-state index in [2.05, 4.69) is 20.1 Å². The number of nitro groups is 1. The number of phosphoric acid groups is 1. The molecule has 1 aliphatic rings. The summed E-state index contributed by atoms with van der Waals surface area (Å²) in [5, 5.41) is 25.4. The van der Waals surface area contributed by atoms with E-state index in [1.54, 1.807) is 0 Å². The Morgan fingerprint density at radius 3 is 2.53 bits per heavy atom. The Balaban J connectivity index is 1.87. The summed E-state index contributed by atoms with van der Waals surface area (Å²) in [6.07, 6.45) is 0.942. The molecule has 3 atom stereocenters. The van der Waals surface area contributed by atoms with Gasteiger partial charge in [-0.15, -0.1) is 0 Å². The Labute approximate surface area is 216 Å². The van der Waals surface area contributed by atoms with Crippen molar-refractivity contribution in [3.8, 4) is 0 Å². The van der Waals surface area contributed by atoms with Gasteiger partial charge in [0.1, 0.15) is 18.1 Å². The molecule has 1 aliphatic heterocycles. The predicted molar refractivity (Wildman–Crippen MR) is 133 cm³/mol. The van der Waals surface area contributed by atoms with Crippen molar-refractivity contribution in [1.82, 2.24) is 10.2 Å². The van der Waals surface area contributed by atoms with Crippen molar-refractivity contribution in [1.29, 1.82) is 0 Å². The van der Waals surface area contributed by atoms with Crippen molar-refractivity contribution in [3.05, 3.63) is 34.4 Å². The smallest absolute Gasteiger partial charge is 0.469 e. The van der Waals surface area contributed by atoms with Gasteiger partial charge in [-0.3, -0.25) is 29.2 Å². The first kappa shape index (κ1) is 30.6. The highest BCUT2D eigenvalue weighted by atomic mass is 31.2. The van der Waals surface area contributed by atoms with Gasteiger partial charge in [0, 0.05) is 30.9 Å². The lowest BCUT2D eigenvalue weighted by atomic mass is 10.1. The fourth-order valence-electron chi connectivity index (χ4n) is 3.64. The van der Waals surface area contributed by atoms with Crippen molar-refractivity contribution in [2.24, 2.45) is 16.5 Å². The molecule has 0 bridgehead atoms. The molecule has 38 heavy (non-hydrogen) atoms. The van der Waals surface area contributed by atoms with Crippen LogP contribution < -0.4 is 22.1 Å². The van der Waals surface area contributed by atoms with Crippen LogP contribution in [0.25, 0.3) is 0 Å². The maximum Gasteiger partial charge on any atom is 0.469 e. The molecule has 1 aromatic carbocycles. The molecule has 0 aliphatic carbocycles. The first-order valence-electron chi connectivity index (χ1n) is 11.4. The van der Waals surface area contributed by atoms with E-state index in [0.717, 1.165) is 4.90 Å². The van der Waals surface area contributed by atoms with Crippen molar-refractivity contribution < 1.29 is 43.3 Å². The molecule has 0 saturated carbocycles. The Hall–Kier alpha value is -3.63. The van der Waals surface area contributed by atoms with Crippen LogP contribution in [0.5, 0.6) is 0 Å². The normalized spacial score (nSPS) is 17.5. The molecule has 210 valence electrons. The lowest BCUT2D eigenvalue weighted by Gasteiger charge is -2.27. The molecule has 1 fully saturated rings. The minimum absolute atomic E-state index is 0.00565. The van der Waals surface area contributed by atoms with Crippen molar-refractivity contribution in [2.75, 3.05) is 25.0 Å². The molecule has 0 unspecified atom stereocenters. The Bertz CT molecular complexity index is 1090. The largest absolute Gasteiger partial charge is 0.480 e. The number of carbonyl (C=O) groups is 3. The molecule has 1 saturated heterocycles. The second-order valence-corrected chi connectivity index (χ2v) is 9.56. The number of nitrogens with zero attached hydrogens (tertiary/aromatic N) is 3. The number of anilines is 1. The van der Waals surface area contributed by atoms with Crippen molar-refractivity contribution in [2.45, 2.75) is 43.8 Å². The fraction of sp³-hybridized carbons (Fsp3) is 0.500. The van der Waals surface area contributed by atoms with Crippen LogP contribution in [0.2, 0.25) is 0 Å². The van der Waals surface area contributed by atoms with Gasteiger partial charge in [-0.2, -0.15) is 0 Å². The number of non-ortho nitro benzene ring substituents is 1. The van der Waals surface area contributed by atoms with Gasteiger partial charge in [-0.1, -0.05) is 0 Å². The first-order chi connectivity index (χ1) is 17.8. The number of amides is 2. The van der Waals surface area contributed by atoms with Crippen molar-refractivity contribution in [3.63, 3.8) is 0 Å². The maximum atomic E-state index is 12.8. The number of carboxylic acids is 1. The molecule has 17 nitrogen and oxygen atoms in total. The van der Waals surface area contributed by atoms with Gasteiger partial charge in [-0.25, -0.2) is 9.36 Å². The average Bonchev–Trinajstić information content (AvgIpc) is 3.33. The van der Waals surface area contributed by atoms with Crippen LogP contribution in [0, 0.1) is 10.1 Å². The summed E-state index contributed by atoms with van der Waals surface area (Å²) < 4.78 is 15.1. The molecule has 1 aromatic rings. The minimum atomic E-state index is -4.84. The molecule has 2 rings (SSSR count). The number of nitro benzene ring substituents is 1. The summed E-state index contributed by atoms with van der Waals surface area (Å²) >= 11 is 0. The maximum absolute atomic E-state index is 12.8.